The van der Waals surface area contributed by atoms with Crippen LogP contribution in [0.4, 0.5) is 0 Å². The molecule has 1 aliphatic carbocycles. The van der Waals surface area contributed by atoms with Crippen molar-refractivity contribution in [2.75, 3.05) is 0 Å². The zero-order valence-corrected chi connectivity index (χ0v) is 14.0. The summed E-state index contributed by atoms with van der Waals surface area (Å²) in [7, 11) is 0. The van der Waals surface area contributed by atoms with Crippen molar-refractivity contribution in [2.24, 2.45) is 5.92 Å². The van der Waals surface area contributed by atoms with Gasteiger partial charge in [0.15, 0.2) is 0 Å². The van der Waals surface area contributed by atoms with Crippen molar-refractivity contribution in [3.8, 4) is 0 Å². The van der Waals surface area contributed by atoms with E-state index in [1.807, 2.05) is 0 Å². The highest BCUT2D eigenvalue weighted by Gasteiger charge is 2.23. The van der Waals surface area contributed by atoms with Crippen LogP contribution in [0.15, 0.2) is 40.9 Å². The number of rotatable bonds is 2. The summed E-state index contributed by atoms with van der Waals surface area (Å²) < 4.78 is 1.10. The maximum atomic E-state index is 10.9. The molecule has 0 radical (unpaired) electrons. The maximum absolute atomic E-state index is 10.9. The van der Waals surface area contributed by atoms with Gasteiger partial charge in [-0.15, -0.1) is 0 Å². The normalized spacial score (nSPS) is 19.1. The third kappa shape index (κ3) is 3.32. The minimum absolute atomic E-state index is 0.332. The first kappa shape index (κ1) is 15.1. The van der Waals surface area contributed by atoms with Crippen molar-refractivity contribution in [1.82, 2.24) is 0 Å². The Bertz CT molecular complexity index is 600. The summed E-state index contributed by atoms with van der Waals surface area (Å²) in [5.74, 6) is 0.412. The standard InChI is InChI=1S/C19H23BrO/c20-18-13-12-17(15-10-6-7-11-16(15)18)19(21)14-8-4-2-1-3-5-9-14/h6-7,10-14,19,21H,1-5,8-9H2. The molecule has 0 spiro atoms. The van der Waals surface area contributed by atoms with Gasteiger partial charge in [-0.05, 0) is 41.2 Å². The molecule has 3 rings (SSSR count). The van der Waals surface area contributed by atoms with E-state index in [0.717, 1.165) is 22.9 Å². The van der Waals surface area contributed by atoms with Gasteiger partial charge < -0.3 is 5.11 Å². The molecule has 1 unspecified atom stereocenters. The molecule has 21 heavy (non-hydrogen) atoms. The Kier molecular flexibility index (Phi) is 4.97. The highest BCUT2D eigenvalue weighted by Crippen LogP contribution is 2.37. The first-order valence-electron chi connectivity index (χ1n) is 8.12. The van der Waals surface area contributed by atoms with Crippen LogP contribution in [0.2, 0.25) is 0 Å². The van der Waals surface area contributed by atoms with Crippen LogP contribution in [0.1, 0.15) is 56.6 Å². The Hall–Kier alpha value is -0.860. The van der Waals surface area contributed by atoms with E-state index in [2.05, 4.69) is 52.3 Å². The smallest absolute Gasteiger partial charge is 0.0824 e. The van der Waals surface area contributed by atoms with E-state index in [4.69, 9.17) is 0 Å². The number of benzene rings is 2. The van der Waals surface area contributed by atoms with E-state index in [1.54, 1.807) is 0 Å². The fourth-order valence-electron chi connectivity index (χ4n) is 3.60. The summed E-state index contributed by atoms with van der Waals surface area (Å²) >= 11 is 3.62. The summed E-state index contributed by atoms with van der Waals surface area (Å²) in [4.78, 5) is 0. The van der Waals surface area contributed by atoms with Crippen LogP contribution >= 0.6 is 15.9 Å². The average Bonchev–Trinajstić information content (AvgIpc) is 2.47. The Morgan fingerprint density at radius 1 is 0.857 bits per heavy atom. The van der Waals surface area contributed by atoms with E-state index in [-0.39, 0.29) is 6.10 Å². The molecule has 0 aromatic heterocycles. The molecular weight excluding hydrogens is 324 g/mol. The van der Waals surface area contributed by atoms with Gasteiger partial charge in [0.25, 0.3) is 0 Å². The Morgan fingerprint density at radius 2 is 1.48 bits per heavy atom. The molecule has 0 aliphatic heterocycles. The molecule has 0 saturated heterocycles. The van der Waals surface area contributed by atoms with Crippen LogP contribution in [-0.4, -0.2) is 5.11 Å². The van der Waals surface area contributed by atoms with Crippen LogP contribution in [0.3, 0.4) is 0 Å². The third-order valence-corrected chi connectivity index (χ3v) is 5.51. The number of aliphatic hydroxyl groups excluding tert-OH is 1. The summed E-state index contributed by atoms with van der Waals surface area (Å²) in [6.45, 7) is 0. The Balaban J connectivity index is 1.93. The van der Waals surface area contributed by atoms with Gasteiger partial charge in [-0.1, -0.05) is 78.4 Å². The molecule has 2 heteroatoms. The minimum Gasteiger partial charge on any atom is -0.388 e. The van der Waals surface area contributed by atoms with Gasteiger partial charge in [-0.3, -0.25) is 0 Å². The summed E-state index contributed by atoms with van der Waals surface area (Å²) in [5.41, 5.74) is 1.10. The van der Waals surface area contributed by atoms with Gasteiger partial charge in [-0.25, -0.2) is 0 Å². The van der Waals surface area contributed by atoms with E-state index in [1.165, 1.54) is 42.9 Å². The molecule has 1 fully saturated rings. The van der Waals surface area contributed by atoms with Gasteiger partial charge in [0.2, 0.25) is 0 Å². The van der Waals surface area contributed by atoms with Crippen LogP contribution in [0, 0.1) is 5.92 Å². The lowest BCUT2D eigenvalue weighted by Gasteiger charge is -2.26. The second-order valence-corrected chi connectivity index (χ2v) is 7.09. The highest BCUT2D eigenvalue weighted by atomic mass is 79.9. The molecule has 1 N–H and O–H groups in total. The van der Waals surface area contributed by atoms with Gasteiger partial charge in [-0.2, -0.15) is 0 Å². The predicted molar refractivity (Wildman–Crippen MR) is 92.4 cm³/mol. The van der Waals surface area contributed by atoms with Gasteiger partial charge in [0.05, 0.1) is 6.10 Å². The average molecular weight is 347 g/mol. The largest absolute Gasteiger partial charge is 0.388 e. The van der Waals surface area contributed by atoms with E-state index < -0.39 is 0 Å². The zero-order valence-electron chi connectivity index (χ0n) is 12.4. The van der Waals surface area contributed by atoms with Crippen molar-refractivity contribution in [3.63, 3.8) is 0 Å². The SMILES string of the molecule is OC(c1ccc(Br)c2ccccc12)C1CCCCCCC1. The molecule has 0 bridgehead atoms. The van der Waals surface area contributed by atoms with Crippen LogP contribution in [-0.2, 0) is 0 Å². The summed E-state index contributed by atoms with van der Waals surface area (Å²) in [6, 6.07) is 12.5. The molecule has 1 atom stereocenters. The van der Waals surface area contributed by atoms with E-state index in [0.29, 0.717) is 5.92 Å². The number of fused-ring (bicyclic) bond motifs is 1. The van der Waals surface area contributed by atoms with Gasteiger partial charge >= 0.3 is 0 Å². The Labute approximate surface area is 135 Å². The van der Waals surface area contributed by atoms with Crippen molar-refractivity contribution >= 4 is 26.7 Å². The van der Waals surface area contributed by atoms with Crippen LogP contribution in [0.25, 0.3) is 10.8 Å². The fourth-order valence-corrected chi connectivity index (χ4v) is 4.08. The lowest BCUT2D eigenvalue weighted by atomic mass is 9.83. The molecular formula is C19H23BrO. The topological polar surface area (TPSA) is 20.2 Å². The van der Waals surface area contributed by atoms with Gasteiger partial charge in [0.1, 0.15) is 0 Å². The van der Waals surface area contributed by atoms with E-state index >= 15 is 0 Å². The number of hydrogen-bond acceptors (Lipinski definition) is 1. The van der Waals surface area contributed by atoms with Gasteiger partial charge in [0, 0.05) is 4.47 Å². The van der Waals surface area contributed by atoms with E-state index in [9.17, 15) is 5.11 Å². The minimum atomic E-state index is -0.332. The molecule has 2 aromatic carbocycles. The first-order valence-corrected chi connectivity index (χ1v) is 8.92. The van der Waals surface area contributed by atoms with Crippen molar-refractivity contribution in [1.29, 1.82) is 0 Å². The second-order valence-electron chi connectivity index (χ2n) is 6.23. The van der Waals surface area contributed by atoms with Crippen molar-refractivity contribution in [2.45, 2.75) is 51.0 Å². The lowest BCUT2D eigenvalue weighted by Crippen LogP contribution is -2.14. The van der Waals surface area contributed by atoms with Crippen LogP contribution < -0.4 is 0 Å². The lowest BCUT2D eigenvalue weighted by molar-refractivity contribution is 0.0925. The Morgan fingerprint density at radius 3 is 2.19 bits per heavy atom. The second kappa shape index (κ2) is 6.93. The molecule has 1 nitrogen and oxygen atoms in total. The number of hydrogen-bond donors (Lipinski definition) is 1. The fraction of sp³-hybridized carbons (Fsp3) is 0.474. The maximum Gasteiger partial charge on any atom is 0.0824 e. The molecule has 0 heterocycles. The quantitative estimate of drug-likeness (QED) is 0.707. The molecule has 112 valence electrons. The monoisotopic (exact) mass is 346 g/mol. The number of aliphatic hydroxyl groups is 1. The molecule has 2 aromatic rings. The van der Waals surface area contributed by atoms with Crippen molar-refractivity contribution in [3.05, 3.63) is 46.4 Å². The molecule has 1 aliphatic rings. The number of halogens is 1. The predicted octanol–water partition coefficient (Wildman–Crippen LogP) is 6.00. The zero-order chi connectivity index (χ0) is 14.7. The summed E-state index contributed by atoms with van der Waals surface area (Å²) in [5, 5.41) is 13.3. The summed E-state index contributed by atoms with van der Waals surface area (Å²) in [6.07, 6.45) is 8.52. The molecule has 0 amide bonds. The van der Waals surface area contributed by atoms with Crippen molar-refractivity contribution < 1.29 is 5.11 Å². The van der Waals surface area contributed by atoms with Crippen LogP contribution in [0.5, 0.6) is 0 Å². The molecule has 1 saturated carbocycles. The first-order chi connectivity index (χ1) is 10.3. The highest BCUT2D eigenvalue weighted by molar-refractivity contribution is 9.10. The third-order valence-electron chi connectivity index (χ3n) is 4.82.